The lowest BCUT2D eigenvalue weighted by atomic mass is 10.1. The Morgan fingerprint density at radius 2 is 1.55 bits per heavy atom. The van der Waals surface area contributed by atoms with Crippen molar-refractivity contribution in [3.8, 4) is 17.2 Å². The topological polar surface area (TPSA) is 120 Å². The zero-order chi connectivity index (χ0) is 22.3. The molecule has 0 aliphatic heterocycles. The van der Waals surface area contributed by atoms with Gasteiger partial charge in [-0.05, 0) is 61.9 Å². The summed E-state index contributed by atoms with van der Waals surface area (Å²) in [6.07, 6.45) is 0. The smallest absolute Gasteiger partial charge is 0.255 e. The number of nitrogens with one attached hydrogen (secondary N) is 1. The highest BCUT2D eigenvalue weighted by Crippen LogP contribution is 2.36. The second-order valence-corrected chi connectivity index (χ2v) is 7.33. The number of rotatable bonds is 4. The molecule has 0 bridgehead atoms. The fraction of sp³-hybridized carbons (Fsp3) is 0.0833. The summed E-state index contributed by atoms with van der Waals surface area (Å²) in [5.41, 5.74) is 3.50. The van der Waals surface area contributed by atoms with Crippen molar-refractivity contribution < 1.29 is 29.3 Å². The van der Waals surface area contributed by atoms with E-state index in [2.05, 4.69) is 5.32 Å². The van der Waals surface area contributed by atoms with Gasteiger partial charge in [-0.15, -0.1) is 0 Å². The van der Waals surface area contributed by atoms with Crippen LogP contribution in [-0.2, 0) is 0 Å². The van der Waals surface area contributed by atoms with Gasteiger partial charge in [-0.2, -0.15) is 0 Å². The van der Waals surface area contributed by atoms with E-state index in [1.807, 2.05) is 32.0 Å². The summed E-state index contributed by atoms with van der Waals surface area (Å²) >= 11 is 0. The van der Waals surface area contributed by atoms with Crippen LogP contribution in [-0.4, -0.2) is 27.0 Å². The van der Waals surface area contributed by atoms with Gasteiger partial charge in [0.1, 0.15) is 5.58 Å². The average Bonchev–Trinajstić information content (AvgIpc) is 3.16. The first-order valence-electron chi connectivity index (χ1n) is 9.45. The molecule has 1 amide bonds. The Kier molecular flexibility index (Phi) is 4.87. The predicted octanol–water partition coefficient (Wildman–Crippen LogP) is 4.65. The Labute approximate surface area is 177 Å². The molecule has 1 aromatic heterocycles. The maximum absolute atomic E-state index is 12.7. The molecule has 1 heterocycles. The van der Waals surface area contributed by atoms with E-state index in [0.717, 1.165) is 23.3 Å². The first-order chi connectivity index (χ1) is 14.7. The molecule has 0 spiro atoms. The maximum atomic E-state index is 12.7. The number of carbonyl (C=O) groups is 2. The Morgan fingerprint density at radius 1 is 0.839 bits per heavy atom. The van der Waals surface area contributed by atoms with Crippen LogP contribution in [0.15, 0.2) is 59.0 Å². The van der Waals surface area contributed by atoms with E-state index in [4.69, 9.17) is 4.42 Å². The number of phenolic OH excluding ortho intramolecular Hbond substituents is 3. The second kappa shape index (κ2) is 7.53. The van der Waals surface area contributed by atoms with Gasteiger partial charge in [0.05, 0.1) is 0 Å². The summed E-state index contributed by atoms with van der Waals surface area (Å²) in [6.45, 7) is 3.89. The van der Waals surface area contributed by atoms with Crippen LogP contribution in [0.25, 0.3) is 11.0 Å². The third kappa shape index (κ3) is 3.81. The van der Waals surface area contributed by atoms with Crippen molar-refractivity contribution in [3.63, 3.8) is 0 Å². The highest BCUT2D eigenvalue weighted by molar-refractivity contribution is 6.11. The molecule has 0 atom stereocenters. The van der Waals surface area contributed by atoms with E-state index in [1.54, 1.807) is 18.2 Å². The average molecular weight is 417 g/mol. The highest BCUT2D eigenvalue weighted by atomic mass is 16.3. The molecule has 0 aliphatic rings. The van der Waals surface area contributed by atoms with Crippen LogP contribution in [0.2, 0.25) is 0 Å². The number of phenols is 3. The number of carbonyl (C=O) groups excluding carboxylic acids is 2. The molecule has 0 fully saturated rings. The second-order valence-electron chi connectivity index (χ2n) is 7.33. The number of fused-ring (bicyclic) bond motifs is 1. The summed E-state index contributed by atoms with van der Waals surface area (Å²) in [7, 11) is 0. The largest absolute Gasteiger partial charge is 0.504 e. The third-order valence-electron chi connectivity index (χ3n) is 4.96. The molecule has 0 aliphatic carbocycles. The quantitative estimate of drug-likeness (QED) is 0.283. The number of furan rings is 1. The minimum Gasteiger partial charge on any atom is -0.504 e. The zero-order valence-electron chi connectivity index (χ0n) is 16.8. The van der Waals surface area contributed by atoms with Crippen molar-refractivity contribution in [2.45, 2.75) is 13.8 Å². The van der Waals surface area contributed by atoms with E-state index in [9.17, 15) is 24.9 Å². The Hall–Kier alpha value is -4.26. The number of aromatic hydroxyl groups is 3. The van der Waals surface area contributed by atoms with Gasteiger partial charge in [0.25, 0.3) is 5.91 Å². The Morgan fingerprint density at radius 3 is 2.23 bits per heavy atom. The molecule has 0 unspecified atom stereocenters. The fourth-order valence-electron chi connectivity index (χ4n) is 3.32. The van der Waals surface area contributed by atoms with Crippen molar-refractivity contribution in [1.29, 1.82) is 0 Å². The normalized spacial score (nSPS) is 10.9. The van der Waals surface area contributed by atoms with E-state index in [-0.39, 0.29) is 17.2 Å². The van der Waals surface area contributed by atoms with Crippen LogP contribution >= 0.6 is 0 Å². The van der Waals surface area contributed by atoms with Crippen molar-refractivity contribution in [3.05, 3.63) is 82.6 Å². The maximum Gasteiger partial charge on any atom is 0.255 e. The SMILES string of the molecule is Cc1ccc(NC(=O)c2ccc3oc(C(=O)c4cc(O)c(O)c(O)c4)cc3c2)c(C)c1. The van der Waals surface area contributed by atoms with Gasteiger partial charge >= 0.3 is 0 Å². The third-order valence-corrected chi connectivity index (χ3v) is 4.96. The number of ketones is 1. The molecule has 3 aromatic carbocycles. The number of anilines is 1. The van der Waals surface area contributed by atoms with Crippen molar-refractivity contribution in [2.75, 3.05) is 5.32 Å². The molecule has 7 heteroatoms. The van der Waals surface area contributed by atoms with Gasteiger partial charge in [-0.1, -0.05) is 17.7 Å². The lowest BCUT2D eigenvalue weighted by molar-refractivity contribution is 0.101. The molecule has 4 N–H and O–H groups in total. The highest BCUT2D eigenvalue weighted by Gasteiger charge is 2.19. The first kappa shape index (κ1) is 20.0. The molecule has 7 nitrogen and oxygen atoms in total. The van der Waals surface area contributed by atoms with Gasteiger partial charge in [0.2, 0.25) is 5.78 Å². The molecule has 156 valence electrons. The Balaban J connectivity index is 1.62. The summed E-state index contributed by atoms with van der Waals surface area (Å²) in [6, 6.07) is 14.1. The van der Waals surface area contributed by atoms with Crippen molar-refractivity contribution in [1.82, 2.24) is 0 Å². The number of amides is 1. The van der Waals surface area contributed by atoms with E-state index in [0.29, 0.717) is 22.2 Å². The molecule has 0 saturated carbocycles. The lowest BCUT2D eigenvalue weighted by Gasteiger charge is -2.09. The van der Waals surface area contributed by atoms with Gasteiger partial charge < -0.3 is 25.1 Å². The monoisotopic (exact) mass is 417 g/mol. The summed E-state index contributed by atoms with van der Waals surface area (Å²) < 4.78 is 5.57. The van der Waals surface area contributed by atoms with Crippen LogP contribution in [0.5, 0.6) is 17.2 Å². The minimum absolute atomic E-state index is 0.0357. The first-order valence-corrected chi connectivity index (χ1v) is 9.45. The number of aryl methyl sites for hydroxylation is 2. The molecule has 31 heavy (non-hydrogen) atoms. The Bertz CT molecular complexity index is 1330. The van der Waals surface area contributed by atoms with Crippen LogP contribution in [0, 0.1) is 13.8 Å². The predicted molar refractivity (Wildman–Crippen MR) is 115 cm³/mol. The molecule has 4 rings (SSSR count). The lowest BCUT2D eigenvalue weighted by Crippen LogP contribution is -2.12. The van der Waals surface area contributed by atoms with Crippen LogP contribution in [0.1, 0.15) is 37.6 Å². The number of benzene rings is 3. The molecular weight excluding hydrogens is 398 g/mol. The number of hydrogen-bond donors (Lipinski definition) is 4. The zero-order valence-corrected chi connectivity index (χ0v) is 16.8. The van der Waals surface area contributed by atoms with Gasteiger partial charge in [-0.25, -0.2) is 0 Å². The van der Waals surface area contributed by atoms with E-state index in [1.165, 1.54) is 6.07 Å². The van der Waals surface area contributed by atoms with Crippen LogP contribution in [0.3, 0.4) is 0 Å². The van der Waals surface area contributed by atoms with Crippen LogP contribution < -0.4 is 5.32 Å². The summed E-state index contributed by atoms with van der Waals surface area (Å²) in [5, 5.41) is 32.1. The number of hydrogen-bond acceptors (Lipinski definition) is 6. The van der Waals surface area contributed by atoms with Gasteiger partial charge in [0.15, 0.2) is 23.0 Å². The van der Waals surface area contributed by atoms with Gasteiger partial charge in [-0.3, -0.25) is 9.59 Å². The van der Waals surface area contributed by atoms with Crippen molar-refractivity contribution in [2.24, 2.45) is 0 Å². The van der Waals surface area contributed by atoms with Crippen LogP contribution in [0.4, 0.5) is 5.69 Å². The van der Waals surface area contributed by atoms with E-state index >= 15 is 0 Å². The molecule has 4 aromatic rings. The fourth-order valence-corrected chi connectivity index (χ4v) is 3.32. The standard InChI is InChI=1S/C24H19NO6/c1-12-3-5-17(13(2)7-12)25-24(30)14-4-6-20-15(8-14)11-21(31-20)22(28)16-9-18(26)23(29)19(27)10-16/h3-11,26-27,29H,1-2H3,(H,25,30). The molecule has 0 radical (unpaired) electrons. The van der Waals surface area contributed by atoms with E-state index < -0.39 is 23.0 Å². The van der Waals surface area contributed by atoms with Crippen molar-refractivity contribution >= 4 is 28.3 Å². The molecular formula is C24H19NO6. The minimum atomic E-state index is -0.708. The van der Waals surface area contributed by atoms with Gasteiger partial charge in [0, 0.05) is 22.2 Å². The summed E-state index contributed by atoms with van der Waals surface area (Å²) in [5.74, 6) is -2.87. The molecule has 0 saturated heterocycles. The summed E-state index contributed by atoms with van der Waals surface area (Å²) in [4.78, 5) is 25.4.